The average Bonchev–Trinajstić information content (AvgIpc) is 3.68. The lowest BCUT2D eigenvalue weighted by Crippen LogP contribution is -2.31. The zero-order valence-electron chi connectivity index (χ0n) is 25.4. The van der Waals surface area contributed by atoms with E-state index in [-0.39, 0.29) is 24.0 Å². The highest BCUT2D eigenvalue weighted by molar-refractivity contribution is 5.88. The zero-order chi connectivity index (χ0) is 29.5. The normalized spacial score (nSPS) is 20.4. The average molecular weight is 580 g/mol. The van der Waals surface area contributed by atoms with Crippen LogP contribution in [-0.2, 0) is 4.79 Å². The Morgan fingerprint density at radius 3 is 2.44 bits per heavy atom. The van der Waals surface area contributed by atoms with Crippen molar-refractivity contribution in [2.45, 2.75) is 70.6 Å². The fourth-order valence-electron chi connectivity index (χ4n) is 6.70. The Hall–Kier alpha value is -4.07. The molecule has 0 unspecified atom stereocenters. The van der Waals surface area contributed by atoms with Gasteiger partial charge < -0.3 is 23.8 Å². The molecule has 2 aromatic carbocycles. The molecule has 224 valence electrons. The standard InChI is InChI=1S/C35H41N5O3/c1-23(25-7-12-30(42-3)13-8-25)39-21-27(19-34(39)41)24(2)43-33-18-26(17-32-35(33)40(22-37-32)28-9-10-28)31-14-11-29(20-36-31)38-15-5-4-6-16-38/h7-8,11-14,17-18,20,22-24,27-28H,4-6,9-10,15-16,19,21H2,1-3H3/t23-,24-,27-/m1/s1. The van der Waals surface area contributed by atoms with E-state index >= 15 is 0 Å². The van der Waals surface area contributed by atoms with E-state index in [1.54, 1.807) is 7.11 Å². The van der Waals surface area contributed by atoms with Crippen LogP contribution in [0.1, 0.15) is 70.0 Å². The Labute approximate surface area is 253 Å². The van der Waals surface area contributed by atoms with Gasteiger partial charge in [0.25, 0.3) is 0 Å². The summed E-state index contributed by atoms with van der Waals surface area (Å²) in [5.41, 5.74) is 6.16. The Kier molecular flexibility index (Phi) is 7.45. The minimum atomic E-state index is -0.146. The van der Waals surface area contributed by atoms with Crippen LogP contribution in [0.5, 0.6) is 11.5 Å². The summed E-state index contributed by atoms with van der Waals surface area (Å²) in [7, 11) is 1.66. The molecule has 1 amide bonds. The number of rotatable bonds is 9. The lowest BCUT2D eigenvalue weighted by Gasteiger charge is -2.28. The van der Waals surface area contributed by atoms with Crippen LogP contribution >= 0.6 is 0 Å². The highest BCUT2D eigenvalue weighted by Gasteiger charge is 2.37. The van der Waals surface area contributed by atoms with Gasteiger partial charge in [0.15, 0.2) is 0 Å². The molecule has 4 heterocycles. The first-order valence-electron chi connectivity index (χ1n) is 15.8. The van der Waals surface area contributed by atoms with Crippen LogP contribution in [0.4, 0.5) is 5.69 Å². The molecule has 8 nitrogen and oxygen atoms in total. The minimum Gasteiger partial charge on any atom is -0.497 e. The highest BCUT2D eigenvalue weighted by Crippen LogP contribution is 2.42. The molecule has 2 aliphatic heterocycles. The number of likely N-dealkylation sites (tertiary alicyclic amines) is 1. The van der Waals surface area contributed by atoms with E-state index in [0.717, 1.165) is 65.3 Å². The third-order valence-corrected chi connectivity index (χ3v) is 9.57. The van der Waals surface area contributed by atoms with Crippen molar-refractivity contribution in [3.05, 3.63) is 66.6 Å². The van der Waals surface area contributed by atoms with Gasteiger partial charge in [0.05, 0.1) is 42.6 Å². The maximum absolute atomic E-state index is 13.2. The number of piperidine rings is 1. The molecule has 0 radical (unpaired) electrons. The minimum absolute atomic E-state index is 0.0130. The number of hydrogen-bond acceptors (Lipinski definition) is 6. The van der Waals surface area contributed by atoms with Crippen molar-refractivity contribution >= 4 is 22.6 Å². The van der Waals surface area contributed by atoms with Gasteiger partial charge in [0.1, 0.15) is 23.1 Å². The van der Waals surface area contributed by atoms with Gasteiger partial charge in [-0.3, -0.25) is 9.78 Å². The number of amides is 1. The lowest BCUT2D eigenvalue weighted by atomic mass is 10.0. The molecule has 3 atom stereocenters. The number of hydrogen-bond donors (Lipinski definition) is 0. The van der Waals surface area contributed by atoms with Gasteiger partial charge in [0.2, 0.25) is 5.91 Å². The van der Waals surface area contributed by atoms with E-state index in [4.69, 9.17) is 19.4 Å². The molecular formula is C35H41N5O3. The van der Waals surface area contributed by atoms with E-state index in [9.17, 15) is 4.79 Å². The highest BCUT2D eigenvalue weighted by atomic mass is 16.5. The molecule has 8 heteroatoms. The lowest BCUT2D eigenvalue weighted by molar-refractivity contribution is -0.129. The second kappa shape index (κ2) is 11.5. The largest absolute Gasteiger partial charge is 0.497 e. The molecule has 0 N–H and O–H groups in total. The van der Waals surface area contributed by atoms with Gasteiger partial charge in [-0.15, -0.1) is 0 Å². The van der Waals surface area contributed by atoms with Crippen molar-refractivity contribution < 1.29 is 14.3 Å². The van der Waals surface area contributed by atoms with E-state index in [1.165, 1.54) is 24.9 Å². The Balaban J connectivity index is 1.13. The monoisotopic (exact) mass is 579 g/mol. The predicted molar refractivity (Wildman–Crippen MR) is 169 cm³/mol. The summed E-state index contributed by atoms with van der Waals surface area (Å²) in [5, 5.41) is 0. The van der Waals surface area contributed by atoms with E-state index < -0.39 is 0 Å². The summed E-state index contributed by atoms with van der Waals surface area (Å²) in [6.45, 7) is 7.06. The molecule has 3 fully saturated rings. The number of ether oxygens (including phenoxy) is 2. The molecule has 1 aliphatic carbocycles. The summed E-state index contributed by atoms with van der Waals surface area (Å²) in [6, 6.07) is 17.0. The molecule has 2 aromatic heterocycles. The van der Waals surface area contributed by atoms with Gasteiger partial charge in [0, 0.05) is 43.6 Å². The number of aromatic nitrogens is 3. The molecule has 7 rings (SSSR count). The quantitative estimate of drug-likeness (QED) is 0.217. The van der Waals surface area contributed by atoms with Crippen molar-refractivity contribution in [1.82, 2.24) is 19.4 Å². The Bertz CT molecular complexity index is 1590. The third kappa shape index (κ3) is 5.55. The molecule has 43 heavy (non-hydrogen) atoms. The fraction of sp³-hybridized carbons (Fsp3) is 0.457. The number of nitrogens with zero attached hydrogens (tertiary/aromatic N) is 5. The Morgan fingerprint density at radius 2 is 1.74 bits per heavy atom. The molecule has 1 saturated carbocycles. The van der Waals surface area contributed by atoms with Crippen molar-refractivity contribution in [1.29, 1.82) is 0 Å². The third-order valence-electron chi connectivity index (χ3n) is 9.57. The van der Waals surface area contributed by atoms with E-state index in [2.05, 4.69) is 47.6 Å². The number of fused-ring (bicyclic) bond motifs is 1. The van der Waals surface area contributed by atoms with Crippen LogP contribution < -0.4 is 14.4 Å². The summed E-state index contributed by atoms with van der Waals surface area (Å²) < 4.78 is 14.4. The zero-order valence-corrected chi connectivity index (χ0v) is 25.4. The van der Waals surface area contributed by atoms with Crippen molar-refractivity contribution in [2.75, 3.05) is 31.6 Å². The summed E-state index contributed by atoms with van der Waals surface area (Å²) in [6.07, 6.45) is 10.4. The summed E-state index contributed by atoms with van der Waals surface area (Å²) >= 11 is 0. The van der Waals surface area contributed by atoms with Gasteiger partial charge in [-0.05, 0) is 87.9 Å². The van der Waals surface area contributed by atoms with Crippen molar-refractivity contribution in [2.24, 2.45) is 5.92 Å². The van der Waals surface area contributed by atoms with E-state index in [1.807, 2.05) is 41.7 Å². The van der Waals surface area contributed by atoms with Crippen LogP contribution in [0.15, 0.2) is 61.1 Å². The van der Waals surface area contributed by atoms with Crippen LogP contribution in [-0.4, -0.2) is 58.2 Å². The number of imidazole rings is 1. The SMILES string of the molecule is COc1ccc([C@@H](C)N2C[C@H]([C@@H](C)Oc3cc(-c4ccc(N5CCCCC5)cn4)cc4ncn(C5CC5)c34)CC2=O)cc1. The van der Waals surface area contributed by atoms with Gasteiger partial charge in [-0.1, -0.05) is 12.1 Å². The second-order valence-corrected chi connectivity index (χ2v) is 12.5. The maximum Gasteiger partial charge on any atom is 0.223 e. The molecule has 0 spiro atoms. The number of benzene rings is 2. The number of pyridine rings is 1. The molecule has 3 aliphatic rings. The predicted octanol–water partition coefficient (Wildman–Crippen LogP) is 6.81. The number of carbonyl (C=O) groups is 1. The first kappa shape index (κ1) is 27.7. The fourth-order valence-corrected chi connectivity index (χ4v) is 6.70. The number of methoxy groups -OCH3 is 1. The Morgan fingerprint density at radius 1 is 0.953 bits per heavy atom. The van der Waals surface area contributed by atoms with Gasteiger partial charge in [-0.25, -0.2) is 4.98 Å². The smallest absolute Gasteiger partial charge is 0.223 e. The summed E-state index contributed by atoms with van der Waals surface area (Å²) in [4.78, 5) is 27.3. The second-order valence-electron chi connectivity index (χ2n) is 12.5. The molecule has 0 bridgehead atoms. The van der Waals surface area contributed by atoms with Gasteiger partial charge in [-0.2, -0.15) is 0 Å². The van der Waals surface area contributed by atoms with E-state index in [0.29, 0.717) is 19.0 Å². The van der Waals surface area contributed by atoms with Crippen LogP contribution in [0.25, 0.3) is 22.3 Å². The van der Waals surface area contributed by atoms with Crippen LogP contribution in [0.3, 0.4) is 0 Å². The van der Waals surface area contributed by atoms with Gasteiger partial charge >= 0.3 is 0 Å². The number of anilines is 1. The van der Waals surface area contributed by atoms with Crippen LogP contribution in [0, 0.1) is 5.92 Å². The first-order chi connectivity index (χ1) is 21.0. The van der Waals surface area contributed by atoms with Crippen molar-refractivity contribution in [3.63, 3.8) is 0 Å². The topological polar surface area (TPSA) is 72.7 Å². The van der Waals surface area contributed by atoms with Crippen molar-refractivity contribution in [3.8, 4) is 22.8 Å². The molecule has 2 saturated heterocycles. The number of carbonyl (C=O) groups excluding carboxylic acids is 1. The van der Waals surface area contributed by atoms with Crippen LogP contribution in [0.2, 0.25) is 0 Å². The molecular weight excluding hydrogens is 538 g/mol. The first-order valence-corrected chi connectivity index (χ1v) is 15.8. The maximum atomic E-state index is 13.2. The molecule has 4 aromatic rings. The summed E-state index contributed by atoms with van der Waals surface area (Å²) in [5.74, 6) is 1.89.